The number of rotatable bonds is 6. The van der Waals surface area contributed by atoms with Gasteiger partial charge < -0.3 is 5.32 Å². The van der Waals surface area contributed by atoms with Crippen molar-refractivity contribution in [2.75, 3.05) is 20.6 Å². The zero-order valence-electron chi connectivity index (χ0n) is 14.5. The van der Waals surface area contributed by atoms with Crippen LogP contribution in [-0.4, -0.2) is 51.9 Å². The fourth-order valence-corrected chi connectivity index (χ4v) is 4.15. The maximum Gasteiger partial charge on any atom is 0.416 e. The Morgan fingerprint density at radius 3 is 2.54 bits per heavy atom. The molecule has 0 saturated carbocycles. The number of likely N-dealkylation sites (tertiary alicyclic amines) is 1. The summed E-state index contributed by atoms with van der Waals surface area (Å²) in [5.41, 5.74) is -1.01. The van der Waals surface area contributed by atoms with E-state index >= 15 is 0 Å². The first-order valence-corrected chi connectivity index (χ1v) is 9.62. The second-order valence-corrected chi connectivity index (χ2v) is 8.07. The number of hydrogen-bond donors (Lipinski definition) is 2. The van der Waals surface area contributed by atoms with Crippen molar-refractivity contribution in [1.29, 1.82) is 0 Å². The highest BCUT2D eigenvalue weighted by Gasteiger charge is 2.34. The molecular weight excluding hydrogens is 371 g/mol. The van der Waals surface area contributed by atoms with Gasteiger partial charge in [0.05, 0.1) is 10.5 Å². The van der Waals surface area contributed by atoms with E-state index in [2.05, 4.69) is 10.0 Å². The lowest BCUT2D eigenvalue weighted by Crippen LogP contribution is -2.42. The molecule has 6 nitrogen and oxygen atoms in total. The van der Waals surface area contributed by atoms with Crippen LogP contribution in [0, 0.1) is 0 Å². The number of sulfonamides is 1. The molecule has 0 unspecified atom stereocenters. The van der Waals surface area contributed by atoms with Crippen LogP contribution < -0.4 is 10.0 Å². The summed E-state index contributed by atoms with van der Waals surface area (Å²) in [5, 5.41) is 2.55. The van der Waals surface area contributed by atoms with Gasteiger partial charge in [-0.15, -0.1) is 0 Å². The molecule has 146 valence electrons. The first-order valence-electron chi connectivity index (χ1n) is 8.14. The predicted molar refractivity (Wildman–Crippen MR) is 89.9 cm³/mol. The van der Waals surface area contributed by atoms with Gasteiger partial charge in [-0.3, -0.25) is 9.69 Å². The Hall–Kier alpha value is -1.65. The van der Waals surface area contributed by atoms with Crippen LogP contribution in [0.15, 0.2) is 29.2 Å². The number of carbonyl (C=O) groups excluding carboxylic acids is 1. The third kappa shape index (κ3) is 4.95. The molecule has 10 heteroatoms. The highest BCUT2D eigenvalue weighted by molar-refractivity contribution is 7.89. The molecule has 1 aromatic rings. The molecule has 1 aromatic carbocycles. The lowest BCUT2D eigenvalue weighted by molar-refractivity contribution is -0.137. The Kier molecular flexibility index (Phi) is 6.30. The van der Waals surface area contributed by atoms with Crippen LogP contribution in [0.1, 0.15) is 24.8 Å². The van der Waals surface area contributed by atoms with E-state index in [0.717, 1.165) is 24.6 Å². The van der Waals surface area contributed by atoms with Crippen LogP contribution in [-0.2, 0) is 21.0 Å². The minimum absolute atomic E-state index is 0.0120. The van der Waals surface area contributed by atoms with E-state index in [-0.39, 0.29) is 24.5 Å². The molecule has 0 aromatic heterocycles. The smallest absolute Gasteiger partial charge is 0.359 e. The van der Waals surface area contributed by atoms with Crippen LogP contribution in [0.4, 0.5) is 13.2 Å². The number of likely N-dealkylation sites (N-methyl/N-ethyl adjacent to an activating group) is 1. The zero-order valence-corrected chi connectivity index (χ0v) is 15.3. The SMILES string of the molecule is CNC(=O)C[C@H]1CC[C@@H](CNS(=O)(=O)c2cccc(C(F)(F)F)c2)N1C. The number of halogens is 3. The molecule has 1 aliphatic heterocycles. The molecular formula is C16H22F3N3O3S. The molecule has 0 aliphatic carbocycles. The number of alkyl halides is 3. The Morgan fingerprint density at radius 2 is 1.92 bits per heavy atom. The minimum Gasteiger partial charge on any atom is -0.359 e. The average Bonchev–Trinajstić information content (AvgIpc) is 2.92. The Balaban J connectivity index is 2.02. The van der Waals surface area contributed by atoms with Gasteiger partial charge in [-0.25, -0.2) is 13.1 Å². The molecule has 2 rings (SSSR count). The van der Waals surface area contributed by atoms with E-state index < -0.39 is 26.7 Å². The first kappa shape index (κ1) is 20.7. The van der Waals surface area contributed by atoms with Crippen LogP contribution in [0.25, 0.3) is 0 Å². The van der Waals surface area contributed by atoms with Gasteiger partial charge in [-0.2, -0.15) is 13.2 Å². The maximum atomic E-state index is 12.8. The lowest BCUT2D eigenvalue weighted by Gasteiger charge is -2.25. The van der Waals surface area contributed by atoms with Crippen LogP contribution in [0.5, 0.6) is 0 Å². The molecule has 2 N–H and O–H groups in total. The van der Waals surface area contributed by atoms with Gasteiger partial charge in [0.25, 0.3) is 0 Å². The number of nitrogens with one attached hydrogen (secondary N) is 2. The molecule has 0 bridgehead atoms. The molecule has 26 heavy (non-hydrogen) atoms. The minimum atomic E-state index is -4.61. The average molecular weight is 393 g/mol. The number of benzene rings is 1. The van der Waals surface area contributed by atoms with Crippen molar-refractivity contribution >= 4 is 15.9 Å². The van der Waals surface area contributed by atoms with Crippen LogP contribution in [0.2, 0.25) is 0 Å². The molecule has 1 heterocycles. The molecule has 1 saturated heterocycles. The van der Waals surface area contributed by atoms with E-state index in [9.17, 15) is 26.4 Å². The van der Waals surface area contributed by atoms with Crippen molar-refractivity contribution in [3.63, 3.8) is 0 Å². The quantitative estimate of drug-likeness (QED) is 0.769. The number of nitrogens with zero attached hydrogens (tertiary/aromatic N) is 1. The summed E-state index contributed by atoms with van der Waals surface area (Å²) in [6.45, 7) is 0.0688. The second kappa shape index (κ2) is 7.93. The van der Waals surface area contributed by atoms with Crippen molar-refractivity contribution < 1.29 is 26.4 Å². The highest BCUT2D eigenvalue weighted by atomic mass is 32.2. The number of hydrogen-bond acceptors (Lipinski definition) is 4. The van der Waals surface area contributed by atoms with Gasteiger partial charge in [-0.1, -0.05) is 6.07 Å². The normalized spacial score (nSPS) is 21.7. The van der Waals surface area contributed by atoms with Gasteiger partial charge in [-0.05, 0) is 38.1 Å². The molecule has 1 fully saturated rings. The van der Waals surface area contributed by atoms with E-state index in [4.69, 9.17) is 0 Å². The number of carbonyl (C=O) groups is 1. The predicted octanol–water partition coefficient (Wildman–Crippen LogP) is 1.58. The van der Waals surface area contributed by atoms with Crippen molar-refractivity contribution in [1.82, 2.24) is 14.9 Å². The standard InChI is InChI=1S/C16H22F3N3O3S/c1-20-15(23)9-12-6-7-13(22(12)2)10-21-26(24,25)14-5-3-4-11(8-14)16(17,18)19/h3-5,8,12-13,21H,6-7,9-10H2,1-2H3,(H,20,23)/t12-,13+/m1/s1. The van der Waals surface area contributed by atoms with E-state index in [1.165, 1.54) is 0 Å². The monoisotopic (exact) mass is 393 g/mol. The van der Waals surface area contributed by atoms with Gasteiger partial charge in [0.1, 0.15) is 0 Å². The summed E-state index contributed by atoms with van der Waals surface area (Å²) in [4.78, 5) is 13.0. The maximum absolute atomic E-state index is 12.8. The zero-order chi connectivity index (χ0) is 19.5. The first-order chi connectivity index (χ1) is 12.0. The highest BCUT2D eigenvalue weighted by Crippen LogP contribution is 2.30. The van der Waals surface area contributed by atoms with Gasteiger partial charge in [0.2, 0.25) is 15.9 Å². The third-order valence-electron chi connectivity index (χ3n) is 4.67. The van der Waals surface area contributed by atoms with Crippen LogP contribution in [0.3, 0.4) is 0 Å². The van der Waals surface area contributed by atoms with Gasteiger partial charge in [0, 0.05) is 32.1 Å². The fourth-order valence-electron chi connectivity index (χ4n) is 3.03. The molecule has 1 amide bonds. The Morgan fingerprint density at radius 1 is 1.27 bits per heavy atom. The van der Waals surface area contributed by atoms with Crippen molar-refractivity contribution in [3.05, 3.63) is 29.8 Å². The van der Waals surface area contributed by atoms with Crippen LogP contribution >= 0.6 is 0 Å². The molecule has 2 atom stereocenters. The third-order valence-corrected chi connectivity index (χ3v) is 6.09. The topological polar surface area (TPSA) is 78.5 Å². The van der Waals surface area contributed by atoms with Crippen molar-refractivity contribution in [2.24, 2.45) is 0 Å². The lowest BCUT2D eigenvalue weighted by atomic mass is 10.1. The number of amides is 1. The fraction of sp³-hybridized carbons (Fsp3) is 0.562. The summed E-state index contributed by atoms with van der Waals surface area (Å²) < 4.78 is 65.3. The summed E-state index contributed by atoms with van der Waals surface area (Å²) in [6.07, 6.45) is -2.84. The Labute approximate surface area is 150 Å². The molecule has 0 spiro atoms. The van der Waals surface area contributed by atoms with E-state index in [1.807, 2.05) is 11.9 Å². The summed E-state index contributed by atoms with van der Waals surface area (Å²) in [7, 11) is -0.692. The molecule has 0 radical (unpaired) electrons. The van der Waals surface area contributed by atoms with Crippen molar-refractivity contribution in [3.8, 4) is 0 Å². The van der Waals surface area contributed by atoms with E-state index in [1.54, 1.807) is 7.05 Å². The summed E-state index contributed by atoms with van der Waals surface area (Å²) in [5.74, 6) is -0.0907. The van der Waals surface area contributed by atoms with Gasteiger partial charge >= 0.3 is 6.18 Å². The second-order valence-electron chi connectivity index (χ2n) is 6.31. The molecule has 1 aliphatic rings. The largest absolute Gasteiger partial charge is 0.416 e. The summed E-state index contributed by atoms with van der Waals surface area (Å²) >= 11 is 0. The van der Waals surface area contributed by atoms with E-state index in [0.29, 0.717) is 18.9 Å². The summed E-state index contributed by atoms with van der Waals surface area (Å²) in [6, 6.07) is 3.54. The van der Waals surface area contributed by atoms with Crippen molar-refractivity contribution in [2.45, 2.75) is 42.4 Å². The van der Waals surface area contributed by atoms with Gasteiger partial charge in [0.15, 0.2) is 0 Å². The Bertz CT molecular complexity index is 753.